The van der Waals surface area contributed by atoms with Crippen LogP contribution in [0.2, 0.25) is 0 Å². The second-order valence-electron chi connectivity index (χ2n) is 4.68. The predicted molar refractivity (Wildman–Crippen MR) is 85.1 cm³/mol. The molecule has 1 atom stereocenters. The number of aromatic hydroxyl groups is 2. The van der Waals surface area contributed by atoms with Crippen LogP contribution in [0.4, 0.5) is 0 Å². The van der Waals surface area contributed by atoms with Crippen molar-refractivity contribution >= 4 is 12.4 Å². The van der Waals surface area contributed by atoms with Crippen molar-refractivity contribution in [2.24, 2.45) is 5.92 Å². The number of benzene rings is 2. The zero-order valence-corrected chi connectivity index (χ0v) is 12.0. The molecule has 2 rings (SSSR count). The number of carbonyl (C=O) groups excluding carboxylic acids is 1. The van der Waals surface area contributed by atoms with Gasteiger partial charge in [0.15, 0.2) is 0 Å². The van der Waals surface area contributed by atoms with Crippen molar-refractivity contribution in [3.8, 4) is 11.5 Å². The Morgan fingerprint density at radius 1 is 1.00 bits per heavy atom. The molecule has 0 spiro atoms. The summed E-state index contributed by atoms with van der Waals surface area (Å²) in [7, 11) is 0. The van der Waals surface area contributed by atoms with Crippen LogP contribution in [0.15, 0.2) is 60.7 Å². The van der Waals surface area contributed by atoms with Crippen LogP contribution >= 0.6 is 0 Å². The summed E-state index contributed by atoms with van der Waals surface area (Å²) in [5.41, 5.74) is 1.18. The molecule has 0 saturated carbocycles. The topological polar surface area (TPSA) is 57.5 Å². The number of phenolic OH excluding ortho intramolecular Hbond substituents is 2. The summed E-state index contributed by atoms with van der Waals surface area (Å²) in [4.78, 5) is 10.3. The van der Waals surface area contributed by atoms with Crippen LogP contribution in [0.1, 0.15) is 18.9 Å². The molecule has 110 valence electrons. The molecule has 0 aliphatic rings. The lowest BCUT2D eigenvalue weighted by Crippen LogP contribution is -1.91. The third kappa shape index (κ3) is 7.57. The predicted octanol–water partition coefficient (Wildman–Crippen LogP) is 4.02. The number of rotatable bonds is 4. The molecule has 21 heavy (non-hydrogen) atoms. The number of hydrogen-bond donors (Lipinski definition) is 2. The zero-order valence-electron chi connectivity index (χ0n) is 12.0. The van der Waals surface area contributed by atoms with E-state index in [0.29, 0.717) is 0 Å². The Labute approximate surface area is 125 Å². The van der Waals surface area contributed by atoms with E-state index in [-0.39, 0.29) is 17.4 Å². The lowest BCUT2D eigenvalue weighted by molar-refractivity contribution is -0.110. The van der Waals surface area contributed by atoms with Crippen molar-refractivity contribution in [3.05, 3.63) is 66.2 Å². The first-order valence-corrected chi connectivity index (χ1v) is 6.76. The maximum atomic E-state index is 10.3. The van der Waals surface area contributed by atoms with Gasteiger partial charge in [0, 0.05) is 12.0 Å². The third-order valence-corrected chi connectivity index (χ3v) is 2.68. The fourth-order valence-corrected chi connectivity index (χ4v) is 1.53. The highest BCUT2D eigenvalue weighted by Gasteiger charge is 1.93. The van der Waals surface area contributed by atoms with Crippen molar-refractivity contribution in [1.82, 2.24) is 0 Å². The number of hydrogen-bond acceptors (Lipinski definition) is 3. The monoisotopic (exact) mass is 284 g/mol. The number of phenols is 2. The van der Waals surface area contributed by atoms with Gasteiger partial charge in [-0.25, -0.2) is 0 Å². The van der Waals surface area contributed by atoms with Crippen molar-refractivity contribution in [3.63, 3.8) is 0 Å². The van der Waals surface area contributed by atoms with Gasteiger partial charge in [0.1, 0.15) is 17.8 Å². The largest absolute Gasteiger partial charge is 0.508 e. The molecule has 2 N–H and O–H groups in total. The molecule has 0 aliphatic carbocycles. The van der Waals surface area contributed by atoms with Crippen molar-refractivity contribution < 1.29 is 15.0 Å². The highest BCUT2D eigenvalue weighted by atomic mass is 16.3. The standard InChI is InChI=1S/C12H14O.C6H6O2/c1-11(10-13)6-5-9-12-7-3-2-4-8-12;7-5-2-1-3-6(8)4-5/h2-5,7-11H,6H2,1H3;1-4,7-8H. The minimum absolute atomic E-state index is 0.0880. The average Bonchev–Trinajstić information content (AvgIpc) is 2.48. The first kappa shape index (κ1) is 16.5. The number of aldehydes is 1. The van der Waals surface area contributed by atoms with E-state index in [4.69, 9.17) is 10.2 Å². The minimum atomic E-state index is 0.0880. The molecule has 2 aromatic carbocycles. The Hall–Kier alpha value is -2.55. The van der Waals surface area contributed by atoms with Gasteiger partial charge in [0.25, 0.3) is 0 Å². The second kappa shape index (κ2) is 9.37. The van der Waals surface area contributed by atoms with Gasteiger partial charge in [-0.05, 0) is 24.1 Å². The summed E-state index contributed by atoms with van der Waals surface area (Å²) in [6.07, 6.45) is 5.88. The Bertz CT molecular complexity index is 544. The van der Waals surface area contributed by atoms with Gasteiger partial charge in [-0.2, -0.15) is 0 Å². The molecular weight excluding hydrogens is 264 g/mol. The van der Waals surface area contributed by atoms with E-state index in [0.717, 1.165) is 12.7 Å². The minimum Gasteiger partial charge on any atom is -0.508 e. The molecule has 1 unspecified atom stereocenters. The van der Waals surface area contributed by atoms with E-state index < -0.39 is 0 Å². The Balaban J connectivity index is 0.000000235. The van der Waals surface area contributed by atoms with Gasteiger partial charge in [-0.15, -0.1) is 0 Å². The van der Waals surface area contributed by atoms with E-state index >= 15 is 0 Å². The summed E-state index contributed by atoms with van der Waals surface area (Å²) in [6.45, 7) is 1.92. The lowest BCUT2D eigenvalue weighted by atomic mass is 10.1. The first-order valence-electron chi connectivity index (χ1n) is 6.76. The molecular formula is C18H20O3. The molecule has 0 radical (unpaired) electrons. The molecule has 0 aromatic heterocycles. The normalized spacial score (nSPS) is 11.5. The van der Waals surface area contributed by atoms with Crippen molar-refractivity contribution in [1.29, 1.82) is 0 Å². The quantitative estimate of drug-likeness (QED) is 0.834. The van der Waals surface area contributed by atoms with Gasteiger partial charge in [0.05, 0.1) is 0 Å². The molecule has 0 fully saturated rings. The van der Waals surface area contributed by atoms with Crippen LogP contribution in [0, 0.1) is 5.92 Å². The second-order valence-corrected chi connectivity index (χ2v) is 4.68. The van der Waals surface area contributed by atoms with Crippen molar-refractivity contribution in [2.45, 2.75) is 13.3 Å². The van der Waals surface area contributed by atoms with Crippen molar-refractivity contribution in [2.75, 3.05) is 0 Å². The summed E-state index contributed by atoms with van der Waals surface area (Å²) in [5.74, 6) is 0.301. The maximum absolute atomic E-state index is 10.3. The van der Waals surface area contributed by atoms with Gasteiger partial charge in [0.2, 0.25) is 0 Å². The van der Waals surface area contributed by atoms with Crippen LogP contribution in [-0.2, 0) is 4.79 Å². The number of carbonyl (C=O) groups is 1. The van der Waals surface area contributed by atoms with Gasteiger partial charge >= 0.3 is 0 Å². The van der Waals surface area contributed by atoms with Crippen LogP contribution in [-0.4, -0.2) is 16.5 Å². The van der Waals surface area contributed by atoms with Gasteiger partial charge < -0.3 is 15.0 Å². The SMILES string of the molecule is CC(C=O)CC=Cc1ccccc1.Oc1cccc(O)c1. The molecule has 0 amide bonds. The summed E-state index contributed by atoms with van der Waals surface area (Å²) in [5, 5.41) is 17.3. The molecule has 0 aliphatic heterocycles. The Morgan fingerprint density at radius 2 is 1.62 bits per heavy atom. The van der Waals surface area contributed by atoms with Crippen LogP contribution in [0.25, 0.3) is 6.08 Å². The Morgan fingerprint density at radius 3 is 2.10 bits per heavy atom. The van der Waals surface area contributed by atoms with Crippen LogP contribution in [0.3, 0.4) is 0 Å². The van der Waals surface area contributed by atoms with Gasteiger partial charge in [-0.1, -0.05) is 55.5 Å². The van der Waals surface area contributed by atoms with Gasteiger partial charge in [-0.3, -0.25) is 0 Å². The van der Waals surface area contributed by atoms with Crippen LogP contribution in [0.5, 0.6) is 11.5 Å². The first-order chi connectivity index (χ1) is 10.1. The highest BCUT2D eigenvalue weighted by molar-refractivity contribution is 5.54. The summed E-state index contributed by atoms with van der Waals surface area (Å²) >= 11 is 0. The molecule has 0 bridgehead atoms. The molecule has 3 heteroatoms. The summed E-state index contributed by atoms with van der Waals surface area (Å²) < 4.78 is 0. The van der Waals surface area contributed by atoms with E-state index in [1.807, 2.05) is 49.4 Å². The number of allylic oxidation sites excluding steroid dienone is 1. The van der Waals surface area contributed by atoms with Crippen LogP contribution < -0.4 is 0 Å². The highest BCUT2D eigenvalue weighted by Crippen LogP contribution is 2.14. The molecule has 2 aromatic rings. The van der Waals surface area contributed by atoms with E-state index in [1.54, 1.807) is 6.07 Å². The van der Waals surface area contributed by atoms with E-state index in [9.17, 15) is 4.79 Å². The third-order valence-electron chi connectivity index (χ3n) is 2.68. The summed E-state index contributed by atoms with van der Waals surface area (Å²) in [6, 6.07) is 15.9. The molecule has 0 saturated heterocycles. The average molecular weight is 284 g/mol. The molecule has 0 heterocycles. The molecule has 3 nitrogen and oxygen atoms in total. The van der Waals surface area contributed by atoms with E-state index in [2.05, 4.69) is 0 Å². The fraction of sp³-hybridized carbons (Fsp3) is 0.167. The maximum Gasteiger partial charge on any atom is 0.123 e. The smallest absolute Gasteiger partial charge is 0.123 e. The fourth-order valence-electron chi connectivity index (χ4n) is 1.53. The lowest BCUT2D eigenvalue weighted by Gasteiger charge is -1.95. The zero-order chi connectivity index (χ0) is 15.5. The Kier molecular flexibility index (Phi) is 7.36. The van der Waals surface area contributed by atoms with E-state index in [1.165, 1.54) is 23.8 Å².